The van der Waals surface area contributed by atoms with Gasteiger partial charge in [0.25, 0.3) is 0 Å². The van der Waals surface area contributed by atoms with Gasteiger partial charge in [-0.05, 0) is 30.3 Å². The second-order valence-electron chi connectivity index (χ2n) is 3.91. The fourth-order valence-electron chi connectivity index (χ4n) is 1.40. The van der Waals surface area contributed by atoms with Crippen molar-refractivity contribution in [1.29, 1.82) is 0 Å². The molecular formula is C14H8F4N2. The molecule has 2 nitrogen and oxygen atoms in total. The molecule has 0 spiro atoms. The van der Waals surface area contributed by atoms with Crippen LogP contribution in [0.2, 0.25) is 0 Å². The molecule has 20 heavy (non-hydrogen) atoms. The minimum Gasteiger partial charge on any atom is -0.383 e. The molecule has 0 aliphatic heterocycles. The molecule has 1 aromatic carbocycles. The minimum atomic E-state index is -4.51. The summed E-state index contributed by atoms with van der Waals surface area (Å²) in [6, 6.07) is 6.08. The Balaban J connectivity index is 2.37. The standard InChI is InChI=1S/C14H8F4N2/c15-12-5-2-9(3-6-12)1-4-10-7-11(14(16,17)18)8-20-13(10)19/h2-3,5-8H,(H2,19,20). The molecule has 0 unspecified atom stereocenters. The van der Waals surface area contributed by atoms with E-state index >= 15 is 0 Å². The number of anilines is 1. The van der Waals surface area contributed by atoms with Crippen LogP contribution in [0.3, 0.4) is 0 Å². The van der Waals surface area contributed by atoms with Gasteiger partial charge in [-0.15, -0.1) is 0 Å². The van der Waals surface area contributed by atoms with Crippen LogP contribution in [0.15, 0.2) is 36.5 Å². The van der Waals surface area contributed by atoms with E-state index in [1.165, 1.54) is 24.3 Å². The van der Waals surface area contributed by atoms with E-state index < -0.39 is 17.6 Å². The molecule has 0 atom stereocenters. The normalized spacial score (nSPS) is 10.8. The summed E-state index contributed by atoms with van der Waals surface area (Å²) in [4.78, 5) is 3.47. The molecular weight excluding hydrogens is 272 g/mol. The molecule has 0 aliphatic carbocycles. The molecule has 6 heteroatoms. The smallest absolute Gasteiger partial charge is 0.383 e. The maximum atomic E-state index is 12.7. The number of benzene rings is 1. The van der Waals surface area contributed by atoms with Gasteiger partial charge in [0.2, 0.25) is 0 Å². The van der Waals surface area contributed by atoms with E-state index in [0.717, 1.165) is 6.07 Å². The van der Waals surface area contributed by atoms with E-state index in [2.05, 4.69) is 16.8 Å². The summed E-state index contributed by atoms with van der Waals surface area (Å²) in [5, 5.41) is 0. The predicted molar refractivity (Wildman–Crippen MR) is 66.0 cm³/mol. The van der Waals surface area contributed by atoms with E-state index in [0.29, 0.717) is 11.8 Å². The van der Waals surface area contributed by atoms with E-state index in [9.17, 15) is 17.6 Å². The number of aromatic nitrogens is 1. The number of nitrogens with two attached hydrogens (primary N) is 1. The summed E-state index contributed by atoms with van der Waals surface area (Å²) in [5.74, 6) is 4.59. The average molecular weight is 280 g/mol. The Morgan fingerprint density at radius 2 is 1.70 bits per heavy atom. The van der Waals surface area contributed by atoms with Gasteiger partial charge in [0.1, 0.15) is 11.6 Å². The van der Waals surface area contributed by atoms with Crippen molar-refractivity contribution in [1.82, 2.24) is 4.98 Å². The number of nitrogens with zero attached hydrogens (tertiary/aromatic N) is 1. The highest BCUT2D eigenvalue weighted by Gasteiger charge is 2.31. The SMILES string of the molecule is Nc1ncc(C(F)(F)F)cc1C#Cc1ccc(F)cc1. The molecule has 0 fully saturated rings. The van der Waals surface area contributed by atoms with Crippen molar-refractivity contribution in [3.63, 3.8) is 0 Å². The zero-order valence-corrected chi connectivity index (χ0v) is 10.0. The lowest BCUT2D eigenvalue weighted by molar-refractivity contribution is -0.137. The molecule has 0 saturated heterocycles. The minimum absolute atomic E-state index is 0.0239. The predicted octanol–water partition coefficient (Wildman–Crippen LogP) is 3.22. The van der Waals surface area contributed by atoms with Crippen molar-refractivity contribution in [2.75, 3.05) is 5.73 Å². The lowest BCUT2D eigenvalue weighted by Gasteiger charge is -2.07. The number of rotatable bonds is 0. The molecule has 0 aliphatic rings. The Morgan fingerprint density at radius 3 is 2.30 bits per heavy atom. The van der Waals surface area contributed by atoms with Crippen molar-refractivity contribution in [2.45, 2.75) is 6.18 Å². The zero-order valence-electron chi connectivity index (χ0n) is 10.0. The number of hydrogen-bond donors (Lipinski definition) is 1. The van der Waals surface area contributed by atoms with Gasteiger partial charge in [0, 0.05) is 11.8 Å². The Bertz CT molecular complexity index is 679. The van der Waals surface area contributed by atoms with Crippen molar-refractivity contribution in [3.8, 4) is 11.8 Å². The first-order valence-corrected chi connectivity index (χ1v) is 5.46. The zero-order chi connectivity index (χ0) is 14.8. The van der Waals surface area contributed by atoms with Gasteiger partial charge >= 0.3 is 6.18 Å². The third kappa shape index (κ3) is 3.26. The summed E-state index contributed by atoms with van der Waals surface area (Å²) in [6.07, 6.45) is -3.86. The van der Waals surface area contributed by atoms with Crippen LogP contribution in [0.5, 0.6) is 0 Å². The molecule has 102 valence electrons. The fourth-order valence-corrected chi connectivity index (χ4v) is 1.40. The third-order valence-electron chi connectivity index (χ3n) is 2.43. The van der Waals surface area contributed by atoms with E-state index in [1.807, 2.05) is 0 Å². The highest BCUT2D eigenvalue weighted by atomic mass is 19.4. The van der Waals surface area contributed by atoms with Gasteiger partial charge in [-0.25, -0.2) is 9.37 Å². The molecule has 0 amide bonds. The fraction of sp³-hybridized carbons (Fsp3) is 0.0714. The van der Waals surface area contributed by atoms with Crippen molar-refractivity contribution < 1.29 is 17.6 Å². The lowest BCUT2D eigenvalue weighted by Crippen LogP contribution is -2.07. The van der Waals surface area contributed by atoms with Gasteiger partial charge in [0.05, 0.1) is 11.1 Å². The quantitative estimate of drug-likeness (QED) is 0.594. The first kappa shape index (κ1) is 13.9. The van der Waals surface area contributed by atoms with Gasteiger partial charge in [-0.1, -0.05) is 11.8 Å². The maximum absolute atomic E-state index is 12.7. The van der Waals surface area contributed by atoms with Gasteiger partial charge in [-0.2, -0.15) is 13.2 Å². The monoisotopic (exact) mass is 280 g/mol. The second kappa shape index (κ2) is 5.21. The van der Waals surface area contributed by atoms with Crippen LogP contribution < -0.4 is 5.73 Å². The summed E-state index contributed by atoms with van der Waals surface area (Å²) >= 11 is 0. The van der Waals surface area contributed by atoms with Crippen molar-refractivity contribution >= 4 is 5.82 Å². The van der Waals surface area contributed by atoms with E-state index in [4.69, 9.17) is 5.73 Å². The first-order chi connectivity index (χ1) is 9.36. The van der Waals surface area contributed by atoms with Crippen LogP contribution >= 0.6 is 0 Å². The van der Waals surface area contributed by atoms with Gasteiger partial charge in [0.15, 0.2) is 0 Å². The Hall–Kier alpha value is -2.55. The van der Waals surface area contributed by atoms with Crippen LogP contribution in [0.25, 0.3) is 0 Å². The van der Waals surface area contributed by atoms with Crippen LogP contribution in [-0.4, -0.2) is 4.98 Å². The summed E-state index contributed by atoms with van der Waals surface area (Å²) in [7, 11) is 0. The van der Waals surface area contributed by atoms with E-state index in [-0.39, 0.29) is 11.4 Å². The van der Waals surface area contributed by atoms with Gasteiger partial charge < -0.3 is 5.73 Å². The Kier molecular flexibility index (Phi) is 3.61. The van der Waals surface area contributed by atoms with Crippen LogP contribution in [0.4, 0.5) is 23.4 Å². The summed E-state index contributed by atoms with van der Waals surface area (Å²) < 4.78 is 50.3. The Morgan fingerprint density at radius 1 is 1.05 bits per heavy atom. The highest BCUT2D eigenvalue weighted by molar-refractivity contribution is 5.54. The largest absolute Gasteiger partial charge is 0.417 e. The first-order valence-electron chi connectivity index (χ1n) is 5.46. The molecule has 0 saturated carbocycles. The molecule has 2 rings (SSSR count). The third-order valence-corrected chi connectivity index (χ3v) is 2.43. The van der Waals surface area contributed by atoms with Crippen molar-refractivity contribution in [3.05, 3.63) is 59.0 Å². The molecule has 2 aromatic rings. The second-order valence-corrected chi connectivity index (χ2v) is 3.91. The summed E-state index contributed by atoms with van der Waals surface area (Å²) in [6.45, 7) is 0. The number of nitrogen functional groups attached to an aromatic ring is 1. The molecule has 1 heterocycles. The van der Waals surface area contributed by atoms with Crippen LogP contribution in [0, 0.1) is 17.7 Å². The average Bonchev–Trinajstić information content (AvgIpc) is 2.38. The topological polar surface area (TPSA) is 38.9 Å². The van der Waals surface area contributed by atoms with Crippen molar-refractivity contribution in [2.24, 2.45) is 0 Å². The molecule has 0 bridgehead atoms. The molecule has 2 N–H and O–H groups in total. The Labute approximate surface area is 112 Å². The lowest BCUT2D eigenvalue weighted by atomic mass is 10.1. The van der Waals surface area contributed by atoms with E-state index in [1.54, 1.807) is 0 Å². The van der Waals surface area contributed by atoms with Crippen LogP contribution in [-0.2, 0) is 6.18 Å². The molecule has 0 radical (unpaired) electrons. The van der Waals surface area contributed by atoms with Crippen LogP contribution in [0.1, 0.15) is 16.7 Å². The number of hydrogen-bond acceptors (Lipinski definition) is 2. The maximum Gasteiger partial charge on any atom is 0.417 e. The molecule has 1 aromatic heterocycles. The summed E-state index contributed by atoms with van der Waals surface area (Å²) in [5.41, 5.74) is 5.00. The number of halogens is 4. The highest BCUT2D eigenvalue weighted by Crippen LogP contribution is 2.29. The van der Waals surface area contributed by atoms with Gasteiger partial charge in [-0.3, -0.25) is 0 Å². The number of alkyl halides is 3. The number of pyridine rings is 1.